The molecule has 0 radical (unpaired) electrons. The minimum atomic E-state index is -1.63. The van der Waals surface area contributed by atoms with Gasteiger partial charge in [-0.25, -0.2) is 0 Å². The first-order valence-corrected chi connectivity index (χ1v) is 5.71. The third kappa shape index (κ3) is 2.17. The topological polar surface area (TPSA) is 20.2 Å². The Bertz CT molecular complexity index is 208. The first-order valence-electron chi connectivity index (χ1n) is 3.95. The summed E-state index contributed by atoms with van der Waals surface area (Å²) in [5, 5.41) is 1.14. The molecule has 0 saturated heterocycles. The quantitative estimate of drug-likeness (QED) is 0.650. The zero-order valence-corrected chi connectivity index (χ0v) is 8.14. The Morgan fingerprint density at radius 1 is 1.18 bits per heavy atom. The predicted molar refractivity (Wildman–Crippen MR) is 50.5 cm³/mol. The first kappa shape index (κ1) is 8.49. The Labute approximate surface area is 69.4 Å². The van der Waals surface area contributed by atoms with E-state index >= 15 is 0 Å². The van der Waals surface area contributed by atoms with Gasteiger partial charge in [0.15, 0.2) is 0 Å². The molecule has 0 saturated carbocycles. The summed E-state index contributed by atoms with van der Waals surface area (Å²) in [5.41, 5.74) is 0.428. The van der Waals surface area contributed by atoms with E-state index in [9.17, 15) is 4.80 Å². The molecule has 0 bridgehead atoms. The molecule has 0 aliphatic rings. The lowest BCUT2D eigenvalue weighted by Crippen LogP contribution is -2.32. The van der Waals surface area contributed by atoms with Crippen molar-refractivity contribution in [3.63, 3.8) is 0 Å². The summed E-state index contributed by atoms with van der Waals surface area (Å²) in [6.45, 7) is 4.15. The molecule has 0 spiro atoms. The molecule has 1 atom stereocenters. The lowest BCUT2D eigenvalue weighted by atomic mass is 10.4. The smallest absolute Gasteiger partial charge is 0.206 e. The second kappa shape index (κ2) is 3.69. The Hall–Kier alpha value is -0.603. The Morgan fingerprint density at radius 3 is 2.18 bits per heavy atom. The number of benzene rings is 1. The fourth-order valence-electron chi connectivity index (χ4n) is 1.04. The molecular weight excluding hydrogens is 152 g/mol. The molecule has 0 aliphatic carbocycles. The van der Waals surface area contributed by atoms with E-state index in [1.807, 2.05) is 30.3 Å². The van der Waals surface area contributed by atoms with Gasteiger partial charge in [0.1, 0.15) is 0 Å². The van der Waals surface area contributed by atoms with Crippen molar-refractivity contribution in [2.24, 2.45) is 0 Å². The van der Waals surface area contributed by atoms with Gasteiger partial charge in [-0.3, -0.25) is 0 Å². The number of hydrogen-bond donors (Lipinski definition) is 1. The van der Waals surface area contributed by atoms with Crippen LogP contribution in [-0.4, -0.2) is 13.8 Å². The van der Waals surface area contributed by atoms with Crippen LogP contribution in [0.2, 0.25) is 5.54 Å². The molecule has 2 heteroatoms. The molecule has 1 unspecified atom stereocenters. The van der Waals surface area contributed by atoms with Gasteiger partial charge in [-0.15, -0.1) is 0 Å². The van der Waals surface area contributed by atoms with Crippen LogP contribution in [0.1, 0.15) is 13.8 Å². The van der Waals surface area contributed by atoms with Crippen LogP contribution in [0, 0.1) is 0 Å². The van der Waals surface area contributed by atoms with Crippen molar-refractivity contribution < 1.29 is 4.80 Å². The number of hydrogen-bond acceptors (Lipinski definition) is 1. The minimum absolute atomic E-state index is 0.428. The summed E-state index contributed by atoms with van der Waals surface area (Å²) in [6, 6.07) is 9.96. The van der Waals surface area contributed by atoms with Crippen LogP contribution in [0.15, 0.2) is 30.3 Å². The van der Waals surface area contributed by atoms with Gasteiger partial charge >= 0.3 is 0 Å². The zero-order valence-electron chi connectivity index (χ0n) is 6.99. The van der Waals surface area contributed by atoms with Crippen LogP contribution in [0.5, 0.6) is 0 Å². The molecule has 0 aromatic heterocycles. The fourth-order valence-corrected chi connectivity index (χ4v) is 2.42. The first-order chi connectivity index (χ1) is 5.22. The van der Waals surface area contributed by atoms with Crippen molar-refractivity contribution in [2.75, 3.05) is 0 Å². The number of rotatable bonds is 2. The second-order valence-corrected chi connectivity index (χ2v) is 5.99. The van der Waals surface area contributed by atoms with E-state index in [2.05, 4.69) is 13.8 Å². The van der Waals surface area contributed by atoms with Gasteiger partial charge in [0.05, 0.1) is 0 Å². The van der Waals surface area contributed by atoms with E-state index < -0.39 is 9.04 Å². The van der Waals surface area contributed by atoms with Crippen LogP contribution in [-0.2, 0) is 0 Å². The highest BCUT2D eigenvalue weighted by Crippen LogP contribution is 2.03. The molecule has 60 valence electrons. The highest BCUT2D eigenvalue weighted by molar-refractivity contribution is 6.67. The van der Waals surface area contributed by atoms with Crippen molar-refractivity contribution >= 4 is 14.2 Å². The van der Waals surface area contributed by atoms with Gasteiger partial charge in [-0.2, -0.15) is 0 Å². The van der Waals surface area contributed by atoms with Gasteiger partial charge in [-0.05, 0) is 10.7 Å². The average molecular weight is 166 g/mol. The Balaban J connectivity index is 2.77. The molecule has 1 rings (SSSR count). The molecule has 0 fully saturated rings. The van der Waals surface area contributed by atoms with E-state index in [0.29, 0.717) is 5.54 Å². The third-order valence-corrected chi connectivity index (χ3v) is 4.10. The average Bonchev–Trinajstić information content (AvgIpc) is 2.05. The van der Waals surface area contributed by atoms with Gasteiger partial charge in [0.2, 0.25) is 9.04 Å². The molecule has 0 amide bonds. The highest BCUT2D eigenvalue weighted by Gasteiger charge is 2.13. The monoisotopic (exact) mass is 166 g/mol. The summed E-state index contributed by atoms with van der Waals surface area (Å²) in [6.07, 6.45) is 0. The van der Waals surface area contributed by atoms with Crippen molar-refractivity contribution in [2.45, 2.75) is 19.4 Å². The van der Waals surface area contributed by atoms with Crippen molar-refractivity contribution in [1.82, 2.24) is 0 Å². The maximum absolute atomic E-state index is 9.74. The SMILES string of the molecule is CC(C)[SiH](O)c1ccccc1. The normalized spacial score (nSPS) is 13.5. The van der Waals surface area contributed by atoms with Gasteiger partial charge < -0.3 is 4.80 Å². The summed E-state index contributed by atoms with van der Waals surface area (Å²) < 4.78 is 0. The Kier molecular flexibility index (Phi) is 2.85. The van der Waals surface area contributed by atoms with E-state index in [-0.39, 0.29) is 0 Å². The second-order valence-electron chi connectivity index (χ2n) is 3.10. The van der Waals surface area contributed by atoms with Crippen LogP contribution in [0.25, 0.3) is 0 Å². The van der Waals surface area contributed by atoms with Crippen LogP contribution < -0.4 is 5.19 Å². The van der Waals surface area contributed by atoms with Gasteiger partial charge in [-0.1, -0.05) is 44.2 Å². The molecule has 0 aliphatic heterocycles. The molecule has 1 aromatic carbocycles. The molecule has 1 N–H and O–H groups in total. The Morgan fingerprint density at radius 2 is 1.73 bits per heavy atom. The third-order valence-electron chi connectivity index (χ3n) is 1.77. The standard InChI is InChI=1S/C9H14OSi/c1-8(2)11(10)9-6-4-3-5-7-9/h3-8,10-11H,1-2H3. The van der Waals surface area contributed by atoms with E-state index in [4.69, 9.17) is 0 Å². The van der Waals surface area contributed by atoms with Crippen molar-refractivity contribution in [1.29, 1.82) is 0 Å². The summed E-state index contributed by atoms with van der Waals surface area (Å²) in [7, 11) is -1.63. The van der Waals surface area contributed by atoms with E-state index in [1.54, 1.807) is 0 Å². The summed E-state index contributed by atoms with van der Waals surface area (Å²) in [4.78, 5) is 9.74. The van der Waals surface area contributed by atoms with Crippen molar-refractivity contribution in [3.8, 4) is 0 Å². The highest BCUT2D eigenvalue weighted by atomic mass is 28.3. The van der Waals surface area contributed by atoms with Crippen LogP contribution >= 0.6 is 0 Å². The largest absolute Gasteiger partial charge is 0.430 e. The van der Waals surface area contributed by atoms with Crippen molar-refractivity contribution in [3.05, 3.63) is 30.3 Å². The maximum atomic E-state index is 9.74. The molecule has 1 nitrogen and oxygen atoms in total. The minimum Gasteiger partial charge on any atom is -0.430 e. The zero-order chi connectivity index (χ0) is 8.27. The van der Waals surface area contributed by atoms with E-state index in [0.717, 1.165) is 5.19 Å². The molecular formula is C9H14OSi. The lowest BCUT2D eigenvalue weighted by Gasteiger charge is -2.11. The van der Waals surface area contributed by atoms with Gasteiger partial charge in [0, 0.05) is 0 Å². The summed E-state index contributed by atoms with van der Waals surface area (Å²) >= 11 is 0. The molecule has 11 heavy (non-hydrogen) atoms. The lowest BCUT2D eigenvalue weighted by molar-refractivity contribution is 0.569. The van der Waals surface area contributed by atoms with Gasteiger partial charge in [0.25, 0.3) is 0 Å². The summed E-state index contributed by atoms with van der Waals surface area (Å²) in [5.74, 6) is 0. The van der Waals surface area contributed by atoms with Crippen LogP contribution in [0.4, 0.5) is 0 Å². The molecule has 1 aromatic rings. The predicted octanol–water partition coefficient (Wildman–Crippen LogP) is 1.02. The van der Waals surface area contributed by atoms with Crippen LogP contribution in [0.3, 0.4) is 0 Å². The maximum Gasteiger partial charge on any atom is 0.206 e. The van der Waals surface area contributed by atoms with E-state index in [1.165, 1.54) is 0 Å². The fraction of sp³-hybridized carbons (Fsp3) is 0.333. The molecule has 0 heterocycles.